The van der Waals surface area contributed by atoms with Crippen molar-refractivity contribution in [2.45, 2.75) is 24.3 Å². The molecule has 0 fully saturated rings. The van der Waals surface area contributed by atoms with Crippen molar-refractivity contribution in [2.24, 2.45) is 0 Å². The molecule has 26 heavy (non-hydrogen) atoms. The molecule has 0 bridgehead atoms. The molecule has 0 aliphatic carbocycles. The normalized spacial score (nSPS) is 12.9. The van der Waals surface area contributed by atoms with E-state index in [0.29, 0.717) is 13.0 Å². The molecule has 0 N–H and O–H groups in total. The van der Waals surface area contributed by atoms with E-state index in [-0.39, 0.29) is 22.4 Å². The third-order valence-electron chi connectivity index (χ3n) is 4.32. The quantitative estimate of drug-likeness (QED) is 0.397. The molecule has 6 nitrogen and oxygen atoms in total. The molecule has 0 saturated heterocycles. The topological polar surface area (TPSA) is 80.5 Å². The van der Waals surface area contributed by atoms with E-state index in [1.807, 2.05) is 24.9 Å². The Morgan fingerprint density at radius 3 is 2.46 bits per heavy atom. The van der Waals surface area contributed by atoms with Crippen LogP contribution < -0.4 is 0 Å². The maximum atomic E-state index is 12.9. The lowest BCUT2D eigenvalue weighted by Gasteiger charge is -2.24. The number of nitro benzene ring substituents is 1. The van der Waals surface area contributed by atoms with Crippen molar-refractivity contribution in [2.75, 3.05) is 19.3 Å². The molecule has 2 aromatic rings. The van der Waals surface area contributed by atoms with E-state index in [1.165, 1.54) is 24.3 Å². The summed E-state index contributed by atoms with van der Waals surface area (Å²) in [5.41, 5.74) is 0.824. The average Bonchev–Trinajstić information content (AvgIpc) is 2.61. The number of halogens is 1. The van der Waals surface area contributed by atoms with Gasteiger partial charge < -0.3 is 0 Å². The second-order valence-electron chi connectivity index (χ2n) is 6.14. The van der Waals surface area contributed by atoms with E-state index in [2.05, 4.69) is 0 Å². The number of benzene rings is 2. The van der Waals surface area contributed by atoms with Gasteiger partial charge in [0.25, 0.3) is 5.69 Å². The number of sulfone groups is 1. The Bertz CT molecular complexity index is 869. The van der Waals surface area contributed by atoms with Crippen molar-refractivity contribution in [1.29, 1.82) is 0 Å². The second kappa shape index (κ2) is 8.37. The summed E-state index contributed by atoms with van der Waals surface area (Å²) in [6, 6.07) is 11.1. The van der Waals surface area contributed by atoms with Gasteiger partial charge in [-0.05, 0) is 56.8 Å². The van der Waals surface area contributed by atoms with E-state index in [4.69, 9.17) is 0 Å². The van der Waals surface area contributed by atoms with Gasteiger partial charge in [0.2, 0.25) is 0 Å². The molecule has 8 heteroatoms. The van der Waals surface area contributed by atoms with Gasteiger partial charge in [0, 0.05) is 18.2 Å². The first kappa shape index (κ1) is 20.0. The first-order valence-corrected chi connectivity index (χ1v) is 9.79. The number of nitrogens with zero attached hydrogens (tertiary/aromatic N) is 2. The fourth-order valence-corrected chi connectivity index (χ4v) is 3.91. The molecule has 2 aromatic carbocycles. The Kier molecular flexibility index (Phi) is 6.44. The SMILES string of the molecule is CC(c1cccc([N+](=O)[O-])c1)N(C)CCCS(=O)(=O)c1ccc(F)cc1. The molecule has 0 aliphatic heterocycles. The predicted molar refractivity (Wildman–Crippen MR) is 97.2 cm³/mol. The van der Waals surface area contributed by atoms with E-state index in [9.17, 15) is 22.9 Å². The molecule has 0 radical (unpaired) electrons. The Hall–Kier alpha value is -2.32. The zero-order valence-electron chi connectivity index (χ0n) is 14.6. The maximum absolute atomic E-state index is 12.9. The summed E-state index contributed by atoms with van der Waals surface area (Å²) < 4.78 is 37.5. The molecule has 0 saturated carbocycles. The predicted octanol–water partition coefficient (Wildman–Crippen LogP) is 3.59. The minimum Gasteiger partial charge on any atom is -0.300 e. The molecule has 0 spiro atoms. The third-order valence-corrected chi connectivity index (χ3v) is 6.14. The van der Waals surface area contributed by atoms with Crippen LogP contribution in [0, 0.1) is 15.9 Å². The zero-order chi connectivity index (χ0) is 19.3. The summed E-state index contributed by atoms with van der Waals surface area (Å²) in [7, 11) is -1.62. The Balaban J connectivity index is 1.95. The largest absolute Gasteiger partial charge is 0.300 e. The van der Waals surface area contributed by atoms with Crippen molar-refractivity contribution in [3.05, 3.63) is 70.0 Å². The molecule has 1 atom stereocenters. The summed E-state index contributed by atoms with van der Waals surface area (Å²) in [5.74, 6) is -0.528. The highest BCUT2D eigenvalue weighted by atomic mass is 32.2. The van der Waals surface area contributed by atoms with Gasteiger partial charge in [-0.3, -0.25) is 15.0 Å². The number of rotatable bonds is 8. The first-order valence-electron chi connectivity index (χ1n) is 8.13. The lowest BCUT2D eigenvalue weighted by molar-refractivity contribution is -0.384. The molecule has 140 valence electrons. The summed E-state index contributed by atoms with van der Waals surface area (Å²) in [5, 5.41) is 10.9. The van der Waals surface area contributed by atoms with Gasteiger partial charge in [0.1, 0.15) is 5.82 Å². The second-order valence-corrected chi connectivity index (χ2v) is 8.24. The Morgan fingerprint density at radius 1 is 1.19 bits per heavy atom. The van der Waals surface area contributed by atoms with Crippen molar-refractivity contribution >= 4 is 15.5 Å². The van der Waals surface area contributed by atoms with Gasteiger partial charge in [-0.2, -0.15) is 0 Å². The van der Waals surface area contributed by atoms with Gasteiger partial charge in [-0.25, -0.2) is 12.8 Å². The molecule has 1 unspecified atom stereocenters. The summed E-state index contributed by atoms with van der Waals surface area (Å²) in [6.07, 6.45) is 0.398. The minimum atomic E-state index is -3.46. The van der Waals surface area contributed by atoms with Gasteiger partial charge in [0.05, 0.1) is 15.6 Å². The fourth-order valence-electron chi connectivity index (χ4n) is 2.61. The van der Waals surface area contributed by atoms with E-state index in [1.54, 1.807) is 6.07 Å². The highest BCUT2D eigenvalue weighted by Crippen LogP contribution is 2.23. The maximum Gasteiger partial charge on any atom is 0.269 e. The van der Waals surface area contributed by atoms with Gasteiger partial charge in [-0.15, -0.1) is 0 Å². The van der Waals surface area contributed by atoms with Gasteiger partial charge in [-0.1, -0.05) is 12.1 Å². The van der Waals surface area contributed by atoms with Crippen LogP contribution in [-0.4, -0.2) is 37.6 Å². The van der Waals surface area contributed by atoms with Crippen LogP contribution in [0.3, 0.4) is 0 Å². The number of hydrogen-bond donors (Lipinski definition) is 0. The Labute approximate surface area is 152 Å². The summed E-state index contributed by atoms with van der Waals surface area (Å²) >= 11 is 0. The van der Waals surface area contributed by atoms with Gasteiger partial charge in [0.15, 0.2) is 9.84 Å². The lowest BCUT2D eigenvalue weighted by Crippen LogP contribution is -2.25. The average molecular weight is 380 g/mol. The molecule has 0 aliphatic rings. The molecular weight excluding hydrogens is 359 g/mol. The van der Waals surface area contributed by atoms with Crippen LogP contribution in [0.2, 0.25) is 0 Å². The van der Waals surface area contributed by atoms with Gasteiger partial charge >= 0.3 is 0 Å². The van der Waals surface area contributed by atoms with Crippen LogP contribution in [0.5, 0.6) is 0 Å². The van der Waals surface area contributed by atoms with Crippen LogP contribution in [-0.2, 0) is 9.84 Å². The van der Waals surface area contributed by atoms with Crippen molar-refractivity contribution in [3.63, 3.8) is 0 Å². The van der Waals surface area contributed by atoms with Crippen LogP contribution in [0.25, 0.3) is 0 Å². The molecule has 0 amide bonds. The van der Waals surface area contributed by atoms with E-state index < -0.39 is 20.6 Å². The highest BCUT2D eigenvalue weighted by molar-refractivity contribution is 7.91. The fraction of sp³-hybridized carbons (Fsp3) is 0.333. The number of nitro groups is 1. The van der Waals surface area contributed by atoms with Crippen LogP contribution >= 0.6 is 0 Å². The van der Waals surface area contributed by atoms with E-state index in [0.717, 1.165) is 17.7 Å². The minimum absolute atomic E-state index is 0.0293. The highest BCUT2D eigenvalue weighted by Gasteiger charge is 2.18. The Morgan fingerprint density at radius 2 is 1.85 bits per heavy atom. The van der Waals surface area contributed by atoms with Crippen LogP contribution in [0.1, 0.15) is 24.9 Å². The molecular formula is C18H21FN2O4S. The molecule has 2 rings (SSSR count). The zero-order valence-corrected chi connectivity index (χ0v) is 15.4. The number of hydrogen-bond acceptors (Lipinski definition) is 5. The smallest absolute Gasteiger partial charge is 0.269 e. The first-order chi connectivity index (χ1) is 12.2. The molecule has 0 aromatic heterocycles. The number of non-ortho nitro benzene ring substituents is 1. The third kappa shape index (κ3) is 5.09. The van der Waals surface area contributed by atoms with Crippen LogP contribution in [0.4, 0.5) is 10.1 Å². The monoisotopic (exact) mass is 380 g/mol. The standard InChI is InChI=1S/C18H21FN2O4S/c1-14(15-5-3-6-17(13-15)21(22)23)20(2)11-4-12-26(24,25)18-9-7-16(19)8-10-18/h3,5-10,13-14H,4,11-12H2,1-2H3. The summed E-state index contributed by atoms with van der Waals surface area (Å²) in [4.78, 5) is 12.5. The summed E-state index contributed by atoms with van der Waals surface area (Å²) in [6.45, 7) is 2.41. The van der Waals surface area contributed by atoms with Crippen molar-refractivity contribution in [3.8, 4) is 0 Å². The van der Waals surface area contributed by atoms with E-state index >= 15 is 0 Å². The van der Waals surface area contributed by atoms with Crippen LogP contribution in [0.15, 0.2) is 53.4 Å². The lowest BCUT2D eigenvalue weighted by atomic mass is 10.1. The van der Waals surface area contributed by atoms with Crippen molar-refractivity contribution < 1.29 is 17.7 Å². The van der Waals surface area contributed by atoms with Crippen molar-refractivity contribution in [1.82, 2.24) is 4.90 Å². The molecule has 0 heterocycles.